The number of aromatic amines is 1. The Morgan fingerprint density at radius 1 is 0.560 bits per heavy atom. The second-order valence-electron chi connectivity index (χ2n) is 12.3. The van der Waals surface area contributed by atoms with Crippen molar-refractivity contribution in [3.8, 4) is 33.5 Å². The third-order valence-electron chi connectivity index (χ3n) is 8.83. The molecule has 238 valence electrons. The second kappa shape index (κ2) is 13.4. The number of nitrogens with one attached hydrogen (secondary N) is 2. The Morgan fingerprint density at radius 3 is 1.96 bits per heavy atom. The fourth-order valence-electron chi connectivity index (χ4n) is 6.28. The summed E-state index contributed by atoms with van der Waals surface area (Å²) in [6.07, 6.45) is 1.85. The first kappa shape index (κ1) is 30.6. The molecule has 2 heterocycles. The molecule has 0 amide bonds. The fraction of sp³-hybridized carbons (Fsp3) is 0.0222. The smallest absolute Gasteiger partial charge is 0.161 e. The summed E-state index contributed by atoms with van der Waals surface area (Å²) in [5.41, 5.74) is 12.1. The zero-order valence-electron chi connectivity index (χ0n) is 27.5. The van der Waals surface area contributed by atoms with Gasteiger partial charge in [0.2, 0.25) is 0 Å². The molecule has 6 aromatic carbocycles. The highest BCUT2D eigenvalue weighted by atomic mass is 14.9. The van der Waals surface area contributed by atoms with E-state index in [2.05, 4.69) is 94.9 Å². The van der Waals surface area contributed by atoms with Gasteiger partial charge in [0.25, 0.3) is 0 Å². The number of para-hydroxylation sites is 1. The standard InChI is InChI=1S/C45H33N5/c1-30-11-10-18-41(48-30)33-21-19-32(20-22-33)37-25-31(26-38(27-37)36-23-24-43-40(28-36)39-16-8-9-17-42(39)49-43)29-47-45(35-14-6-3-7-15-35)50-44(46)34-12-4-2-5-13-34/h2-29,46,49H,1H3/b46-44?,47-29+,50-45-. The van der Waals surface area contributed by atoms with E-state index in [1.54, 1.807) is 0 Å². The van der Waals surface area contributed by atoms with Crippen molar-refractivity contribution < 1.29 is 0 Å². The summed E-state index contributed by atoms with van der Waals surface area (Å²) < 4.78 is 0. The monoisotopic (exact) mass is 643 g/mol. The minimum Gasteiger partial charge on any atom is -0.355 e. The van der Waals surface area contributed by atoms with Crippen LogP contribution in [0.2, 0.25) is 0 Å². The molecule has 0 aliphatic rings. The summed E-state index contributed by atoms with van der Waals surface area (Å²) in [6.45, 7) is 2.01. The van der Waals surface area contributed by atoms with Crippen molar-refractivity contribution in [1.29, 1.82) is 5.41 Å². The summed E-state index contributed by atoms with van der Waals surface area (Å²) in [6, 6.07) is 55.6. The molecule has 0 aliphatic carbocycles. The van der Waals surface area contributed by atoms with Crippen LogP contribution >= 0.6 is 0 Å². The summed E-state index contributed by atoms with van der Waals surface area (Å²) >= 11 is 0. The maximum absolute atomic E-state index is 8.72. The minimum absolute atomic E-state index is 0.159. The van der Waals surface area contributed by atoms with Crippen LogP contribution in [0.25, 0.3) is 55.3 Å². The molecule has 0 bridgehead atoms. The fourth-order valence-corrected chi connectivity index (χ4v) is 6.28. The molecular weight excluding hydrogens is 611 g/mol. The molecule has 8 rings (SSSR count). The van der Waals surface area contributed by atoms with E-state index < -0.39 is 0 Å². The molecule has 5 heteroatoms. The van der Waals surface area contributed by atoms with E-state index in [1.165, 1.54) is 10.8 Å². The Bertz CT molecular complexity index is 2540. The maximum Gasteiger partial charge on any atom is 0.161 e. The SMILES string of the molecule is Cc1cccc(-c2ccc(-c3cc(/C=N/C(=N\C(=N)c4ccccc4)c4ccccc4)cc(-c4ccc5[nH]c6ccccc6c5c4)c3)cc2)n1. The molecular formula is C45H33N5. The largest absolute Gasteiger partial charge is 0.355 e. The average Bonchev–Trinajstić information content (AvgIpc) is 3.55. The third kappa shape index (κ3) is 6.40. The van der Waals surface area contributed by atoms with Gasteiger partial charge in [-0.1, -0.05) is 115 Å². The number of amidine groups is 2. The number of aromatic nitrogens is 2. The van der Waals surface area contributed by atoms with Gasteiger partial charge in [-0.3, -0.25) is 10.4 Å². The lowest BCUT2D eigenvalue weighted by molar-refractivity contribution is 1.21. The average molecular weight is 644 g/mol. The summed E-state index contributed by atoms with van der Waals surface area (Å²) in [5.74, 6) is 0.632. The first-order valence-corrected chi connectivity index (χ1v) is 16.6. The lowest BCUT2D eigenvalue weighted by Gasteiger charge is -2.11. The molecule has 0 unspecified atom stereocenters. The number of aliphatic imine (C=N–C) groups is 2. The Morgan fingerprint density at radius 2 is 1.20 bits per heavy atom. The van der Waals surface area contributed by atoms with Gasteiger partial charge in [-0.2, -0.15) is 0 Å². The van der Waals surface area contributed by atoms with E-state index >= 15 is 0 Å². The van der Waals surface area contributed by atoms with Crippen molar-refractivity contribution in [2.45, 2.75) is 6.92 Å². The zero-order valence-corrected chi connectivity index (χ0v) is 27.5. The molecule has 2 N–H and O–H groups in total. The Kier molecular flexibility index (Phi) is 8.21. The van der Waals surface area contributed by atoms with Crippen molar-refractivity contribution in [2.24, 2.45) is 9.98 Å². The number of hydrogen-bond acceptors (Lipinski definition) is 2. The van der Waals surface area contributed by atoms with E-state index in [4.69, 9.17) is 15.4 Å². The number of H-pyrrole nitrogens is 1. The van der Waals surface area contributed by atoms with Crippen LogP contribution in [0.4, 0.5) is 0 Å². The van der Waals surface area contributed by atoms with Crippen LogP contribution in [0, 0.1) is 12.3 Å². The maximum atomic E-state index is 8.72. The summed E-state index contributed by atoms with van der Waals surface area (Å²) in [7, 11) is 0. The zero-order chi connectivity index (χ0) is 33.9. The molecule has 0 saturated carbocycles. The predicted molar refractivity (Wildman–Crippen MR) is 208 cm³/mol. The van der Waals surface area contributed by atoms with Crippen LogP contribution in [0.15, 0.2) is 174 Å². The Labute approximate surface area is 290 Å². The summed E-state index contributed by atoms with van der Waals surface area (Å²) in [5, 5.41) is 11.1. The van der Waals surface area contributed by atoms with Gasteiger partial charge in [-0.15, -0.1) is 0 Å². The quantitative estimate of drug-likeness (QED) is 0.137. The van der Waals surface area contributed by atoms with E-state index in [9.17, 15) is 0 Å². The third-order valence-corrected chi connectivity index (χ3v) is 8.83. The van der Waals surface area contributed by atoms with E-state index in [0.29, 0.717) is 5.84 Å². The van der Waals surface area contributed by atoms with Gasteiger partial charge in [0.1, 0.15) is 0 Å². The summed E-state index contributed by atoms with van der Waals surface area (Å²) in [4.78, 5) is 17.9. The highest BCUT2D eigenvalue weighted by Gasteiger charge is 2.11. The Balaban J connectivity index is 1.23. The molecule has 0 saturated heterocycles. The Hall–Kier alpha value is -6.72. The minimum atomic E-state index is 0.159. The van der Waals surface area contributed by atoms with Crippen molar-refractivity contribution >= 4 is 39.7 Å². The van der Waals surface area contributed by atoms with Crippen molar-refractivity contribution in [2.75, 3.05) is 0 Å². The number of nitrogens with zero attached hydrogens (tertiary/aromatic N) is 3. The first-order valence-electron chi connectivity index (χ1n) is 16.6. The van der Waals surface area contributed by atoms with Crippen molar-refractivity contribution in [3.05, 3.63) is 186 Å². The van der Waals surface area contributed by atoms with Crippen molar-refractivity contribution in [1.82, 2.24) is 9.97 Å². The number of rotatable bonds is 6. The molecule has 0 atom stereocenters. The molecule has 0 fully saturated rings. The highest BCUT2D eigenvalue weighted by Crippen LogP contribution is 2.33. The van der Waals surface area contributed by atoms with E-state index in [0.717, 1.165) is 66.9 Å². The number of aryl methyl sites for hydroxylation is 1. The normalized spacial score (nSPS) is 11.8. The van der Waals surface area contributed by atoms with Gasteiger partial charge in [0, 0.05) is 50.4 Å². The molecule has 0 aliphatic heterocycles. The van der Waals surface area contributed by atoms with Gasteiger partial charge < -0.3 is 4.98 Å². The molecule has 8 aromatic rings. The molecule has 0 radical (unpaired) electrons. The van der Waals surface area contributed by atoms with Gasteiger partial charge in [-0.25, -0.2) is 9.98 Å². The van der Waals surface area contributed by atoms with Crippen LogP contribution in [0.3, 0.4) is 0 Å². The molecule has 0 spiro atoms. The van der Waals surface area contributed by atoms with Crippen LogP contribution in [0.5, 0.6) is 0 Å². The number of benzene rings is 6. The highest BCUT2D eigenvalue weighted by molar-refractivity contribution is 6.13. The first-order chi connectivity index (χ1) is 24.6. The lowest BCUT2D eigenvalue weighted by Crippen LogP contribution is -2.04. The van der Waals surface area contributed by atoms with Crippen LogP contribution < -0.4 is 0 Å². The molecule has 50 heavy (non-hydrogen) atoms. The molecule has 5 nitrogen and oxygen atoms in total. The van der Waals surface area contributed by atoms with Crippen molar-refractivity contribution in [3.63, 3.8) is 0 Å². The van der Waals surface area contributed by atoms with E-state index in [1.807, 2.05) is 92.0 Å². The number of hydrogen-bond donors (Lipinski definition) is 2. The van der Waals surface area contributed by atoms with Crippen LogP contribution in [0.1, 0.15) is 22.4 Å². The van der Waals surface area contributed by atoms with Gasteiger partial charge in [0.15, 0.2) is 11.7 Å². The second-order valence-corrected chi connectivity index (χ2v) is 12.3. The lowest BCUT2D eigenvalue weighted by atomic mass is 9.95. The van der Waals surface area contributed by atoms with Gasteiger partial charge >= 0.3 is 0 Å². The predicted octanol–water partition coefficient (Wildman–Crippen LogP) is 10.9. The number of fused-ring (bicyclic) bond motifs is 3. The van der Waals surface area contributed by atoms with Gasteiger partial charge in [-0.05, 0) is 83.3 Å². The topological polar surface area (TPSA) is 77.2 Å². The number of pyridine rings is 1. The van der Waals surface area contributed by atoms with Crippen LogP contribution in [-0.2, 0) is 0 Å². The molecule has 2 aromatic heterocycles. The van der Waals surface area contributed by atoms with E-state index in [-0.39, 0.29) is 5.84 Å². The van der Waals surface area contributed by atoms with Gasteiger partial charge in [0.05, 0.1) is 5.69 Å². The van der Waals surface area contributed by atoms with Crippen LogP contribution in [-0.4, -0.2) is 27.9 Å².